The molecule has 0 aliphatic rings. The molecule has 28 heavy (non-hydrogen) atoms. The van der Waals surface area contributed by atoms with Gasteiger partial charge in [0.2, 0.25) is 11.8 Å². The number of ether oxygens (including phenoxy) is 1. The molecule has 0 bridgehead atoms. The van der Waals surface area contributed by atoms with E-state index in [4.69, 9.17) is 10.5 Å². The van der Waals surface area contributed by atoms with Crippen molar-refractivity contribution in [3.05, 3.63) is 85.9 Å². The van der Waals surface area contributed by atoms with Gasteiger partial charge in [-0.2, -0.15) is 4.98 Å². The quantitative estimate of drug-likeness (QED) is 0.647. The molecule has 2 N–H and O–H groups in total. The highest BCUT2D eigenvalue weighted by Gasteiger charge is 2.16. The lowest BCUT2D eigenvalue weighted by atomic mass is 10.2. The van der Waals surface area contributed by atoms with Crippen LogP contribution in [0.15, 0.2) is 51.7 Å². The van der Waals surface area contributed by atoms with E-state index in [0.717, 1.165) is 12.1 Å². The lowest BCUT2D eigenvalue weighted by molar-refractivity contribution is 0.1000. The summed E-state index contributed by atoms with van der Waals surface area (Å²) >= 11 is 3.15. The van der Waals surface area contributed by atoms with E-state index in [2.05, 4.69) is 20.9 Å². The third kappa shape index (κ3) is 3.94. The van der Waals surface area contributed by atoms with Gasteiger partial charge in [-0.3, -0.25) is 14.2 Å². The maximum absolute atomic E-state index is 13.7. The van der Waals surface area contributed by atoms with E-state index < -0.39 is 23.1 Å². The number of hydrogen-bond donors (Lipinski definition) is 1. The van der Waals surface area contributed by atoms with Crippen molar-refractivity contribution < 1.29 is 18.3 Å². The highest BCUT2D eigenvalue weighted by atomic mass is 79.9. The highest BCUT2D eigenvalue weighted by molar-refractivity contribution is 9.10. The zero-order valence-corrected chi connectivity index (χ0v) is 16.2. The van der Waals surface area contributed by atoms with Crippen LogP contribution in [0.3, 0.4) is 0 Å². The smallest absolute Gasteiger partial charge is 0.276 e. The Labute approximate surface area is 166 Å². The Hall–Kier alpha value is -3.07. The van der Waals surface area contributed by atoms with Crippen molar-refractivity contribution in [1.29, 1.82) is 0 Å². The molecule has 0 saturated heterocycles. The zero-order valence-electron chi connectivity index (χ0n) is 14.6. The normalized spacial score (nSPS) is 10.7. The van der Waals surface area contributed by atoms with Gasteiger partial charge in [0.1, 0.15) is 28.5 Å². The number of primary amides is 1. The predicted octanol–water partition coefficient (Wildman–Crippen LogP) is 3.26. The van der Waals surface area contributed by atoms with Crippen LogP contribution in [0.4, 0.5) is 8.78 Å². The first-order chi connectivity index (χ1) is 13.3. The number of carbonyl (C=O) groups is 1. The average Bonchev–Trinajstić information content (AvgIpc) is 2.65. The van der Waals surface area contributed by atoms with Gasteiger partial charge in [0, 0.05) is 17.2 Å². The molecule has 0 saturated carbocycles. The molecule has 1 amide bonds. The molecule has 1 heterocycles. The number of amides is 1. The van der Waals surface area contributed by atoms with Gasteiger partial charge in [0.25, 0.3) is 5.56 Å². The lowest BCUT2D eigenvalue weighted by Crippen LogP contribution is -2.24. The standard InChI is InChI=1S/C19H14BrF2N3O3/c1-10-24-18(28-9-12-5-6-13(21)8-15(12)22)16(20)19(27)25(10)14-4-2-3-11(7-14)17(23)26/h2-8H,9H2,1H3,(H2,23,26). The fourth-order valence-electron chi connectivity index (χ4n) is 2.57. The molecule has 3 rings (SSSR count). The van der Waals surface area contributed by atoms with Crippen molar-refractivity contribution in [2.45, 2.75) is 13.5 Å². The van der Waals surface area contributed by atoms with Gasteiger partial charge in [-0.05, 0) is 53.2 Å². The monoisotopic (exact) mass is 449 g/mol. The Kier molecular flexibility index (Phi) is 5.55. The first kappa shape index (κ1) is 19.7. The van der Waals surface area contributed by atoms with Gasteiger partial charge in [0.15, 0.2) is 0 Å². The number of aryl methyl sites for hydroxylation is 1. The summed E-state index contributed by atoms with van der Waals surface area (Å²) in [6, 6.07) is 9.33. The number of halogens is 3. The van der Waals surface area contributed by atoms with Crippen LogP contribution in [0.25, 0.3) is 5.69 Å². The average molecular weight is 450 g/mol. The van der Waals surface area contributed by atoms with E-state index in [1.807, 2.05) is 0 Å². The summed E-state index contributed by atoms with van der Waals surface area (Å²) in [5, 5.41) is 0. The molecule has 0 spiro atoms. The molecule has 3 aromatic rings. The molecule has 6 nitrogen and oxygen atoms in total. The van der Waals surface area contributed by atoms with E-state index >= 15 is 0 Å². The fourth-order valence-corrected chi connectivity index (χ4v) is 2.95. The first-order valence-electron chi connectivity index (χ1n) is 8.04. The Morgan fingerprint density at radius 3 is 2.68 bits per heavy atom. The van der Waals surface area contributed by atoms with E-state index in [1.54, 1.807) is 19.1 Å². The lowest BCUT2D eigenvalue weighted by Gasteiger charge is -2.14. The zero-order chi connectivity index (χ0) is 20.4. The molecule has 9 heteroatoms. The van der Waals surface area contributed by atoms with Gasteiger partial charge >= 0.3 is 0 Å². The maximum Gasteiger partial charge on any atom is 0.276 e. The summed E-state index contributed by atoms with van der Waals surface area (Å²) in [6.45, 7) is 1.34. The number of benzene rings is 2. The number of nitrogens with zero attached hydrogens (tertiary/aromatic N) is 2. The molecule has 0 fully saturated rings. The highest BCUT2D eigenvalue weighted by Crippen LogP contribution is 2.22. The summed E-state index contributed by atoms with van der Waals surface area (Å²) < 4.78 is 33.5. The van der Waals surface area contributed by atoms with Crippen LogP contribution in [0, 0.1) is 18.6 Å². The Balaban J connectivity index is 1.95. The molecule has 1 aromatic heterocycles. The minimum absolute atomic E-state index is 0.0186. The molecular weight excluding hydrogens is 436 g/mol. The number of aromatic nitrogens is 2. The van der Waals surface area contributed by atoms with Crippen molar-refractivity contribution >= 4 is 21.8 Å². The first-order valence-corrected chi connectivity index (χ1v) is 8.83. The molecule has 144 valence electrons. The van der Waals surface area contributed by atoms with E-state index in [1.165, 1.54) is 22.8 Å². The third-order valence-corrected chi connectivity index (χ3v) is 4.61. The largest absolute Gasteiger partial charge is 0.472 e. The Morgan fingerprint density at radius 1 is 1.25 bits per heavy atom. The van der Waals surface area contributed by atoms with E-state index in [0.29, 0.717) is 5.69 Å². The van der Waals surface area contributed by atoms with Crippen molar-refractivity contribution in [1.82, 2.24) is 9.55 Å². The Morgan fingerprint density at radius 2 is 2.00 bits per heavy atom. The second-order valence-corrected chi connectivity index (χ2v) is 6.65. The summed E-state index contributed by atoms with van der Waals surface area (Å²) in [4.78, 5) is 28.4. The van der Waals surface area contributed by atoms with Gasteiger partial charge in [-0.25, -0.2) is 8.78 Å². The fraction of sp³-hybridized carbons (Fsp3) is 0.105. The number of hydrogen-bond acceptors (Lipinski definition) is 4. The van der Waals surface area contributed by atoms with E-state index in [-0.39, 0.29) is 33.9 Å². The number of carbonyl (C=O) groups excluding carboxylic acids is 1. The number of rotatable bonds is 5. The molecule has 0 atom stereocenters. The third-order valence-electron chi connectivity index (χ3n) is 3.93. The summed E-state index contributed by atoms with van der Waals surface area (Å²) in [7, 11) is 0. The second kappa shape index (κ2) is 7.89. The van der Waals surface area contributed by atoms with Crippen LogP contribution in [-0.2, 0) is 6.61 Å². The maximum atomic E-state index is 13.7. The molecule has 0 aliphatic heterocycles. The Bertz CT molecular complexity index is 1130. The molecule has 0 radical (unpaired) electrons. The number of nitrogens with two attached hydrogens (primary N) is 1. The van der Waals surface area contributed by atoms with Gasteiger partial charge in [0.05, 0.1) is 5.69 Å². The second-order valence-electron chi connectivity index (χ2n) is 5.86. The van der Waals surface area contributed by atoms with Gasteiger partial charge < -0.3 is 10.5 Å². The van der Waals surface area contributed by atoms with Crippen LogP contribution in [-0.4, -0.2) is 15.5 Å². The summed E-state index contributed by atoms with van der Waals surface area (Å²) in [5.74, 6) is -1.83. The van der Waals surface area contributed by atoms with Gasteiger partial charge in [-0.15, -0.1) is 0 Å². The van der Waals surface area contributed by atoms with Crippen molar-refractivity contribution in [2.75, 3.05) is 0 Å². The van der Waals surface area contributed by atoms with Crippen molar-refractivity contribution in [3.8, 4) is 11.6 Å². The van der Waals surface area contributed by atoms with Gasteiger partial charge in [-0.1, -0.05) is 6.07 Å². The predicted molar refractivity (Wildman–Crippen MR) is 101 cm³/mol. The van der Waals surface area contributed by atoms with Crippen LogP contribution in [0.1, 0.15) is 21.7 Å². The van der Waals surface area contributed by atoms with Crippen LogP contribution >= 0.6 is 15.9 Å². The topological polar surface area (TPSA) is 87.2 Å². The molecule has 2 aromatic carbocycles. The minimum Gasteiger partial charge on any atom is -0.472 e. The van der Waals surface area contributed by atoms with Crippen molar-refractivity contribution in [2.24, 2.45) is 5.73 Å². The van der Waals surface area contributed by atoms with Crippen LogP contribution in [0.5, 0.6) is 5.88 Å². The summed E-state index contributed by atoms with van der Waals surface area (Å²) in [6.07, 6.45) is 0. The summed E-state index contributed by atoms with van der Waals surface area (Å²) in [5.41, 5.74) is 5.56. The van der Waals surface area contributed by atoms with Crippen molar-refractivity contribution in [3.63, 3.8) is 0 Å². The van der Waals surface area contributed by atoms with Crippen LogP contribution < -0.4 is 16.0 Å². The molecule has 0 aliphatic carbocycles. The minimum atomic E-state index is -0.760. The molecular formula is C19H14BrF2N3O3. The van der Waals surface area contributed by atoms with E-state index in [9.17, 15) is 18.4 Å². The molecule has 0 unspecified atom stereocenters. The van der Waals surface area contributed by atoms with Crippen LogP contribution in [0.2, 0.25) is 0 Å². The SMILES string of the molecule is Cc1nc(OCc2ccc(F)cc2F)c(Br)c(=O)n1-c1cccc(C(N)=O)c1.